The Kier molecular flexibility index (Phi) is 5.27. The molecule has 1 aromatic carbocycles. The smallest absolute Gasteiger partial charge is 0.266 e. The van der Waals surface area contributed by atoms with Crippen molar-refractivity contribution in [1.29, 1.82) is 0 Å². The quantitative estimate of drug-likeness (QED) is 0.898. The Labute approximate surface area is 139 Å². The summed E-state index contributed by atoms with van der Waals surface area (Å²) in [5.41, 5.74) is 1.86. The van der Waals surface area contributed by atoms with Gasteiger partial charge in [-0.3, -0.25) is 4.79 Å². The Morgan fingerprint density at radius 3 is 2.59 bits per heavy atom. The molecule has 0 fully saturated rings. The number of rotatable bonds is 4. The highest BCUT2D eigenvalue weighted by atomic mass is 35.5. The first kappa shape index (κ1) is 16.6. The van der Waals surface area contributed by atoms with Crippen LogP contribution in [0.5, 0.6) is 5.75 Å². The van der Waals surface area contributed by atoms with Crippen molar-refractivity contribution >= 4 is 34.9 Å². The Morgan fingerprint density at radius 2 is 1.95 bits per heavy atom. The number of hydrogen-bond donors (Lipinski definition) is 1. The summed E-state index contributed by atoms with van der Waals surface area (Å²) in [4.78, 5) is 16.4. The molecule has 4 nitrogen and oxygen atoms in total. The van der Waals surface area contributed by atoms with E-state index in [0.717, 1.165) is 11.3 Å². The van der Waals surface area contributed by atoms with Crippen LogP contribution in [0.1, 0.15) is 18.2 Å². The third kappa shape index (κ3) is 4.36. The first-order valence-electron chi connectivity index (χ1n) is 6.73. The van der Waals surface area contributed by atoms with Gasteiger partial charge in [0.2, 0.25) is 0 Å². The summed E-state index contributed by atoms with van der Waals surface area (Å²) in [5, 5.41) is 3.60. The van der Waals surface area contributed by atoms with Gasteiger partial charge in [0.1, 0.15) is 11.6 Å². The van der Waals surface area contributed by atoms with E-state index in [4.69, 9.17) is 27.9 Å². The summed E-state index contributed by atoms with van der Waals surface area (Å²) in [5.74, 6) is 0.603. The van der Waals surface area contributed by atoms with E-state index in [0.29, 0.717) is 21.6 Å². The second-order valence-electron chi connectivity index (χ2n) is 5.00. The Hall–Kier alpha value is -1.78. The highest BCUT2D eigenvalue weighted by Crippen LogP contribution is 2.28. The second kappa shape index (κ2) is 6.99. The molecule has 0 saturated heterocycles. The van der Waals surface area contributed by atoms with Gasteiger partial charge in [0.15, 0.2) is 6.10 Å². The topological polar surface area (TPSA) is 51.2 Å². The molecular formula is C16H16Cl2N2O2. The van der Waals surface area contributed by atoms with Crippen molar-refractivity contribution in [1.82, 2.24) is 4.98 Å². The van der Waals surface area contributed by atoms with Crippen LogP contribution in [0.2, 0.25) is 10.0 Å². The molecule has 6 heteroatoms. The monoisotopic (exact) mass is 338 g/mol. The lowest BCUT2D eigenvalue weighted by Crippen LogP contribution is -2.30. The molecule has 0 saturated carbocycles. The maximum atomic E-state index is 12.2. The van der Waals surface area contributed by atoms with Crippen LogP contribution in [-0.2, 0) is 4.79 Å². The highest BCUT2D eigenvalue weighted by Gasteiger charge is 2.17. The summed E-state index contributed by atoms with van der Waals surface area (Å²) >= 11 is 11.9. The maximum absolute atomic E-state index is 12.2. The molecule has 0 bridgehead atoms. The summed E-state index contributed by atoms with van der Waals surface area (Å²) < 4.78 is 5.56. The van der Waals surface area contributed by atoms with Gasteiger partial charge in [0.25, 0.3) is 5.91 Å². The normalized spacial score (nSPS) is 11.9. The van der Waals surface area contributed by atoms with Crippen LogP contribution in [-0.4, -0.2) is 17.0 Å². The number of amides is 1. The van der Waals surface area contributed by atoms with Crippen molar-refractivity contribution in [2.75, 3.05) is 5.32 Å². The molecular weight excluding hydrogens is 323 g/mol. The third-order valence-corrected chi connectivity index (χ3v) is 3.45. The van der Waals surface area contributed by atoms with E-state index >= 15 is 0 Å². The molecule has 116 valence electrons. The van der Waals surface area contributed by atoms with Crippen LogP contribution in [0.25, 0.3) is 0 Å². The van der Waals surface area contributed by atoms with Gasteiger partial charge in [0, 0.05) is 10.7 Å². The number of nitrogens with zero attached hydrogens (tertiary/aromatic N) is 1. The highest BCUT2D eigenvalue weighted by molar-refractivity contribution is 6.35. The van der Waals surface area contributed by atoms with Crippen LogP contribution < -0.4 is 10.1 Å². The van der Waals surface area contributed by atoms with Gasteiger partial charge in [-0.15, -0.1) is 0 Å². The first-order chi connectivity index (χ1) is 10.3. The number of carbonyl (C=O) groups excluding carboxylic acids is 1. The predicted octanol–water partition coefficient (Wildman–Crippen LogP) is 4.41. The van der Waals surface area contributed by atoms with Crippen LogP contribution in [0.15, 0.2) is 30.3 Å². The summed E-state index contributed by atoms with van der Waals surface area (Å²) in [6, 6.07) is 8.58. The van der Waals surface area contributed by atoms with E-state index in [9.17, 15) is 4.79 Å². The Balaban J connectivity index is 2.05. The largest absolute Gasteiger partial charge is 0.479 e. The average molecular weight is 339 g/mol. The van der Waals surface area contributed by atoms with E-state index < -0.39 is 6.10 Å². The lowest BCUT2D eigenvalue weighted by atomic mass is 10.2. The second-order valence-corrected chi connectivity index (χ2v) is 5.84. The molecule has 1 aromatic heterocycles. The molecule has 0 aliphatic rings. The van der Waals surface area contributed by atoms with Gasteiger partial charge in [-0.25, -0.2) is 4.98 Å². The van der Waals surface area contributed by atoms with Gasteiger partial charge in [-0.05, 0) is 56.7 Å². The van der Waals surface area contributed by atoms with Gasteiger partial charge >= 0.3 is 0 Å². The minimum Gasteiger partial charge on any atom is -0.479 e. The van der Waals surface area contributed by atoms with Crippen molar-refractivity contribution in [3.05, 3.63) is 51.6 Å². The molecule has 1 amide bonds. The molecule has 0 aliphatic heterocycles. The van der Waals surface area contributed by atoms with Crippen LogP contribution in [0.4, 0.5) is 5.82 Å². The van der Waals surface area contributed by atoms with Gasteiger partial charge < -0.3 is 10.1 Å². The number of ether oxygens (including phenoxy) is 1. The van der Waals surface area contributed by atoms with E-state index in [-0.39, 0.29) is 5.91 Å². The number of aryl methyl sites for hydroxylation is 2. The lowest BCUT2D eigenvalue weighted by Gasteiger charge is -2.15. The molecule has 1 atom stereocenters. The molecule has 0 aliphatic carbocycles. The number of anilines is 1. The Bertz CT molecular complexity index is 684. The average Bonchev–Trinajstić information content (AvgIpc) is 2.40. The lowest BCUT2D eigenvalue weighted by molar-refractivity contribution is -0.122. The zero-order valence-corrected chi connectivity index (χ0v) is 14.0. The summed E-state index contributed by atoms with van der Waals surface area (Å²) in [6.07, 6.45) is -0.721. The Morgan fingerprint density at radius 1 is 1.23 bits per heavy atom. The number of benzene rings is 1. The molecule has 0 spiro atoms. The zero-order chi connectivity index (χ0) is 16.3. The molecule has 0 unspecified atom stereocenters. The van der Waals surface area contributed by atoms with E-state index in [1.165, 1.54) is 0 Å². The van der Waals surface area contributed by atoms with Gasteiger partial charge in [-0.2, -0.15) is 0 Å². The van der Waals surface area contributed by atoms with Crippen molar-refractivity contribution < 1.29 is 9.53 Å². The number of carbonyl (C=O) groups is 1. The van der Waals surface area contributed by atoms with Crippen molar-refractivity contribution in [3.8, 4) is 5.75 Å². The first-order valence-corrected chi connectivity index (χ1v) is 7.48. The molecule has 1 heterocycles. The molecule has 2 aromatic rings. The summed E-state index contributed by atoms with van der Waals surface area (Å²) in [7, 11) is 0. The molecule has 1 N–H and O–H groups in total. The fourth-order valence-electron chi connectivity index (χ4n) is 1.95. The fraction of sp³-hybridized carbons (Fsp3) is 0.250. The molecule has 22 heavy (non-hydrogen) atoms. The predicted molar refractivity (Wildman–Crippen MR) is 88.9 cm³/mol. The number of pyridine rings is 1. The van der Waals surface area contributed by atoms with Crippen molar-refractivity contribution in [2.45, 2.75) is 26.9 Å². The van der Waals surface area contributed by atoms with Crippen LogP contribution >= 0.6 is 23.2 Å². The number of halogens is 2. The van der Waals surface area contributed by atoms with E-state index in [2.05, 4.69) is 10.3 Å². The van der Waals surface area contributed by atoms with Crippen LogP contribution in [0, 0.1) is 13.8 Å². The van der Waals surface area contributed by atoms with Gasteiger partial charge in [0.05, 0.1) is 5.02 Å². The standard InChI is InChI=1S/C16H16Cl2N2O2/c1-9-6-10(2)19-15(7-9)20-16(21)11(3)22-14-5-4-12(17)8-13(14)18/h4-8,11H,1-3H3,(H,19,20,21)/t11-/m1/s1. The zero-order valence-electron chi connectivity index (χ0n) is 12.5. The van der Waals surface area contributed by atoms with Crippen molar-refractivity contribution in [3.63, 3.8) is 0 Å². The number of aromatic nitrogens is 1. The fourth-order valence-corrected chi connectivity index (χ4v) is 2.40. The number of hydrogen-bond acceptors (Lipinski definition) is 3. The van der Waals surface area contributed by atoms with E-state index in [1.807, 2.05) is 19.9 Å². The SMILES string of the molecule is Cc1cc(C)nc(NC(=O)[C@@H](C)Oc2ccc(Cl)cc2Cl)c1. The molecule has 0 radical (unpaired) electrons. The third-order valence-electron chi connectivity index (χ3n) is 2.92. The maximum Gasteiger partial charge on any atom is 0.266 e. The minimum absolute atomic E-state index is 0.302. The van der Waals surface area contributed by atoms with E-state index in [1.54, 1.807) is 31.2 Å². The number of nitrogens with one attached hydrogen (secondary N) is 1. The molecule has 2 rings (SSSR count). The minimum atomic E-state index is -0.721. The van der Waals surface area contributed by atoms with Crippen molar-refractivity contribution in [2.24, 2.45) is 0 Å². The van der Waals surface area contributed by atoms with Crippen LogP contribution in [0.3, 0.4) is 0 Å². The summed E-state index contributed by atoms with van der Waals surface area (Å²) in [6.45, 7) is 5.46. The van der Waals surface area contributed by atoms with Gasteiger partial charge in [-0.1, -0.05) is 23.2 Å².